The van der Waals surface area contributed by atoms with Crippen molar-refractivity contribution in [3.63, 3.8) is 0 Å². The number of hydrogen-bond acceptors (Lipinski definition) is 4. The number of rotatable bonds is 3. The van der Waals surface area contributed by atoms with Crippen LogP contribution >= 0.6 is 0 Å². The second-order valence-electron chi connectivity index (χ2n) is 4.47. The Balaban J connectivity index is 1.80. The molecule has 2 fully saturated rings. The Morgan fingerprint density at radius 1 is 1.40 bits per heavy atom. The first-order chi connectivity index (χ1) is 7.28. The summed E-state index contributed by atoms with van der Waals surface area (Å²) in [6.45, 7) is 4.81. The van der Waals surface area contributed by atoms with Crippen LogP contribution < -0.4 is 5.32 Å². The van der Waals surface area contributed by atoms with Crippen molar-refractivity contribution in [2.24, 2.45) is 0 Å². The van der Waals surface area contributed by atoms with Gasteiger partial charge in [0.2, 0.25) is 0 Å². The van der Waals surface area contributed by atoms with Crippen molar-refractivity contribution < 1.29 is 9.53 Å². The molecule has 2 heterocycles. The van der Waals surface area contributed by atoms with E-state index in [-0.39, 0.29) is 5.97 Å². The average molecular weight is 212 g/mol. The minimum atomic E-state index is -0.0877. The number of carbonyl (C=O) groups excluding carboxylic acids is 1. The van der Waals surface area contributed by atoms with Crippen LogP contribution in [0, 0.1) is 0 Å². The van der Waals surface area contributed by atoms with E-state index in [9.17, 15) is 4.79 Å². The highest BCUT2D eigenvalue weighted by Gasteiger charge is 2.29. The Hall–Kier alpha value is -0.610. The van der Waals surface area contributed by atoms with E-state index < -0.39 is 0 Å². The number of hydrogen-bond donors (Lipinski definition) is 1. The second kappa shape index (κ2) is 4.94. The van der Waals surface area contributed by atoms with Crippen molar-refractivity contribution in [2.75, 3.05) is 26.2 Å². The molecule has 2 aliphatic heterocycles. The van der Waals surface area contributed by atoms with Crippen LogP contribution in [0.25, 0.3) is 0 Å². The molecule has 15 heavy (non-hydrogen) atoms. The molecule has 86 valence electrons. The first kappa shape index (κ1) is 10.9. The maximum Gasteiger partial charge on any atom is 0.320 e. The van der Waals surface area contributed by atoms with Gasteiger partial charge < -0.3 is 10.1 Å². The molecule has 0 amide bonds. The van der Waals surface area contributed by atoms with Gasteiger partial charge in [0.25, 0.3) is 0 Å². The molecule has 0 aliphatic carbocycles. The van der Waals surface area contributed by atoms with Gasteiger partial charge in [0.05, 0.1) is 13.2 Å². The number of carbonyl (C=O) groups is 1. The first-order valence-corrected chi connectivity index (χ1v) is 5.92. The number of esters is 1. The molecule has 0 saturated carbocycles. The molecule has 2 rings (SSSR count). The van der Waals surface area contributed by atoms with Crippen molar-refractivity contribution in [3.8, 4) is 0 Å². The zero-order valence-corrected chi connectivity index (χ0v) is 9.37. The molecule has 2 atom stereocenters. The molecule has 0 aromatic heterocycles. The van der Waals surface area contributed by atoms with E-state index in [0.29, 0.717) is 25.2 Å². The van der Waals surface area contributed by atoms with Gasteiger partial charge in [-0.25, -0.2) is 0 Å². The lowest BCUT2D eigenvalue weighted by molar-refractivity contribution is -0.144. The highest BCUT2D eigenvalue weighted by molar-refractivity contribution is 5.71. The molecule has 1 N–H and O–H groups in total. The van der Waals surface area contributed by atoms with Crippen LogP contribution in [-0.4, -0.2) is 49.2 Å². The van der Waals surface area contributed by atoms with Gasteiger partial charge in [-0.3, -0.25) is 9.69 Å². The second-order valence-corrected chi connectivity index (χ2v) is 4.47. The molecule has 0 radical (unpaired) electrons. The average Bonchev–Trinajstić information content (AvgIpc) is 2.51. The minimum absolute atomic E-state index is 0.0877. The molecule has 0 spiro atoms. The van der Waals surface area contributed by atoms with Crippen molar-refractivity contribution in [2.45, 2.75) is 38.3 Å². The van der Waals surface area contributed by atoms with Gasteiger partial charge >= 0.3 is 5.97 Å². The van der Waals surface area contributed by atoms with Crippen LogP contribution in [-0.2, 0) is 9.53 Å². The molecule has 4 heteroatoms. The summed E-state index contributed by atoms with van der Waals surface area (Å²) in [7, 11) is 0. The van der Waals surface area contributed by atoms with Crippen molar-refractivity contribution in [1.29, 1.82) is 0 Å². The number of likely N-dealkylation sites (tertiary alicyclic amines) is 1. The fraction of sp³-hybridized carbons (Fsp3) is 0.909. The van der Waals surface area contributed by atoms with Crippen LogP contribution in [0.3, 0.4) is 0 Å². The van der Waals surface area contributed by atoms with Gasteiger partial charge in [-0.2, -0.15) is 0 Å². The molecule has 2 saturated heterocycles. The molecule has 2 aliphatic rings. The summed E-state index contributed by atoms with van der Waals surface area (Å²) in [6, 6.07) is 1.27. The number of fused-ring (bicyclic) bond motifs is 2. The van der Waals surface area contributed by atoms with Gasteiger partial charge in [-0.1, -0.05) is 0 Å². The summed E-state index contributed by atoms with van der Waals surface area (Å²) >= 11 is 0. The van der Waals surface area contributed by atoms with E-state index in [1.165, 1.54) is 12.8 Å². The largest absolute Gasteiger partial charge is 0.465 e. The summed E-state index contributed by atoms with van der Waals surface area (Å²) in [4.78, 5) is 13.6. The standard InChI is InChI=1S/C11H20N2O2/c1-2-15-11(14)8-13-6-5-9-3-4-10(7-13)12-9/h9-10,12H,2-8H2,1H3. The predicted molar refractivity (Wildman–Crippen MR) is 57.6 cm³/mol. The third-order valence-electron chi connectivity index (χ3n) is 3.27. The Morgan fingerprint density at radius 3 is 3.00 bits per heavy atom. The van der Waals surface area contributed by atoms with E-state index in [2.05, 4.69) is 10.2 Å². The smallest absolute Gasteiger partial charge is 0.320 e. The van der Waals surface area contributed by atoms with E-state index in [0.717, 1.165) is 19.5 Å². The highest BCUT2D eigenvalue weighted by atomic mass is 16.5. The van der Waals surface area contributed by atoms with Crippen molar-refractivity contribution in [1.82, 2.24) is 10.2 Å². The number of nitrogens with one attached hydrogen (secondary N) is 1. The SMILES string of the molecule is CCOC(=O)CN1CCC2CCC(C1)N2. The lowest BCUT2D eigenvalue weighted by Gasteiger charge is -2.22. The predicted octanol–water partition coefficient (Wildman–Crippen LogP) is 0.376. The maximum absolute atomic E-state index is 11.3. The van der Waals surface area contributed by atoms with Gasteiger partial charge in [-0.15, -0.1) is 0 Å². The molecule has 2 unspecified atom stereocenters. The third kappa shape index (κ3) is 2.92. The Morgan fingerprint density at radius 2 is 2.20 bits per heavy atom. The lowest BCUT2D eigenvalue weighted by atomic mass is 10.1. The topological polar surface area (TPSA) is 41.6 Å². The van der Waals surface area contributed by atoms with Crippen LogP contribution in [0.2, 0.25) is 0 Å². The summed E-state index contributed by atoms with van der Waals surface area (Å²) in [5.41, 5.74) is 0. The molecular formula is C11H20N2O2. The fourth-order valence-electron chi connectivity index (χ4n) is 2.55. The normalized spacial score (nSPS) is 31.3. The fourth-order valence-corrected chi connectivity index (χ4v) is 2.55. The lowest BCUT2D eigenvalue weighted by Crippen LogP contribution is -2.38. The third-order valence-corrected chi connectivity index (χ3v) is 3.27. The Labute approximate surface area is 91.0 Å². The number of ether oxygens (including phenoxy) is 1. The van der Waals surface area contributed by atoms with Gasteiger partial charge in [-0.05, 0) is 26.2 Å². The molecular weight excluding hydrogens is 192 g/mol. The Kier molecular flexibility index (Phi) is 3.59. The summed E-state index contributed by atoms with van der Waals surface area (Å²) in [5, 5.41) is 3.59. The summed E-state index contributed by atoms with van der Waals surface area (Å²) < 4.78 is 4.96. The van der Waals surface area contributed by atoms with Gasteiger partial charge in [0.15, 0.2) is 0 Å². The first-order valence-electron chi connectivity index (χ1n) is 5.92. The zero-order chi connectivity index (χ0) is 10.7. The monoisotopic (exact) mass is 212 g/mol. The van der Waals surface area contributed by atoms with Crippen LogP contribution in [0.4, 0.5) is 0 Å². The van der Waals surface area contributed by atoms with Crippen molar-refractivity contribution >= 4 is 5.97 Å². The van der Waals surface area contributed by atoms with E-state index >= 15 is 0 Å². The van der Waals surface area contributed by atoms with Crippen molar-refractivity contribution in [3.05, 3.63) is 0 Å². The van der Waals surface area contributed by atoms with Gasteiger partial charge in [0, 0.05) is 25.2 Å². The Bertz CT molecular complexity index is 233. The highest BCUT2D eigenvalue weighted by Crippen LogP contribution is 2.20. The zero-order valence-electron chi connectivity index (χ0n) is 9.37. The summed E-state index contributed by atoms with van der Waals surface area (Å²) in [5.74, 6) is -0.0877. The number of nitrogens with zero attached hydrogens (tertiary/aromatic N) is 1. The molecule has 0 aromatic rings. The van der Waals surface area contributed by atoms with E-state index in [1.54, 1.807) is 0 Å². The van der Waals surface area contributed by atoms with Crippen LogP contribution in [0.15, 0.2) is 0 Å². The quantitative estimate of drug-likeness (QED) is 0.687. The molecule has 2 bridgehead atoms. The van der Waals surface area contributed by atoms with Crippen LogP contribution in [0.5, 0.6) is 0 Å². The molecule has 4 nitrogen and oxygen atoms in total. The minimum Gasteiger partial charge on any atom is -0.465 e. The molecule has 0 aromatic carbocycles. The van der Waals surface area contributed by atoms with Gasteiger partial charge in [0.1, 0.15) is 0 Å². The van der Waals surface area contributed by atoms with E-state index in [4.69, 9.17) is 4.74 Å². The van der Waals surface area contributed by atoms with E-state index in [1.807, 2.05) is 6.92 Å². The van der Waals surface area contributed by atoms with Crippen LogP contribution in [0.1, 0.15) is 26.2 Å². The summed E-state index contributed by atoms with van der Waals surface area (Å²) in [6.07, 6.45) is 3.72. The maximum atomic E-state index is 11.3.